The number of amides is 1. The summed E-state index contributed by atoms with van der Waals surface area (Å²) < 4.78 is 28.5. The van der Waals surface area contributed by atoms with Crippen molar-refractivity contribution in [2.24, 2.45) is 0 Å². The summed E-state index contributed by atoms with van der Waals surface area (Å²) in [5.41, 5.74) is 1.07. The van der Waals surface area contributed by atoms with Crippen molar-refractivity contribution < 1.29 is 13.6 Å². The molecule has 3 aromatic rings. The Bertz CT molecular complexity index is 853. The van der Waals surface area contributed by atoms with Gasteiger partial charge in [-0.2, -0.15) is 4.39 Å². The predicted octanol–water partition coefficient (Wildman–Crippen LogP) is 4.19. The smallest absolute Gasteiger partial charge is 0.252 e. The van der Waals surface area contributed by atoms with Crippen molar-refractivity contribution in [1.82, 2.24) is 4.57 Å². The Morgan fingerprint density at radius 3 is 2.64 bits per heavy atom. The molecule has 22 heavy (non-hydrogen) atoms. The van der Waals surface area contributed by atoms with Crippen LogP contribution in [0.3, 0.4) is 0 Å². The van der Waals surface area contributed by atoms with Crippen molar-refractivity contribution in [3.63, 3.8) is 0 Å². The highest BCUT2D eigenvalue weighted by Gasteiger charge is 2.08. The fourth-order valence-corrected chi connectivity index (χ4v) is 2.18. The van der Waals surface area contributed by atoms with Crippen LogP contribution >= 0.6 is 0 Å². The molecule has 0 aliphatic heterocycles. The maximum absolute atomic E-state index is 14.2. The predicted molar refractivity (Wildman–Crippen MR) is 82.3 cm³/mol. The van der Waals surface area contributed by atoms with Crippen LogP contribution in [0.25, 0.3) is 16.9 Å². The van der Waals surface area contributed by atoms with Gasteiger partial charge in [0.05, 0.1) is 11.6 Å². The molecule has 0 unspecified atom stereocenters. The molecule has 0 aliphatic carbocycles. The Balaban J connectivity index is 1.85. The summed E-state index contributed by atoms with van der Waals surface area (Å²) in [6.07, 6.45) is 2.31. The van der Waals surface area contributed by atoms with Crippen molar-refractivity contribution >= 4 is 28.4 Å². The molecular weight excluding hydrogens is 286 g/mol. The Morgan fingerprint density at radius 2 is 1.86 bits per heavy atom. The summed E-state index contributed by atoms with van der Waals surface area (Å²) in [6.45, 7) is 0. The van der Waals surface area contributed by atoms with Crippen molar-refractivity contribution in [2.45, 2.75) is 0 Å². The minimum absolute atomic E-state index is 0.392. The van der Waals surface area contributed by atoms with Crippen LogP contribution in [-0.2, 0) is 4.79 Å². The summed E-state index contributed by atoms with van der Waals surface area (Å²) in [6, 6.07) is 14.4. The van der Waals surface area contributed by atoms with Crippen molar-refractivity contribution in [3.05, 3.63) is 72.7 Å². The number of benzene rings is 2. The van der Waals surface area contributed by atoms with Crippen molar-refractivity contribution in [1.29, 1.82) is 0 Å². The minimum Gasteiger partial charge on any atom is -0.322 e. The van der Waals surface area contributed by atoms with Crippen LogP contribution in [0, 0.1) is 5.82 Å². The molecule has 0 saturated carbocycles. The third-order valence-corrected chi connectivity index (χ3v) is 3.17. The Hall–Kier alpha value is -2.95. The van der Waals surface area contributed by atoms with Crippen LogP contribution in [0.1, 0.15) is 0 Å². The van der Waals surface area contributed by atoms with Crippen LogP contribution in [0.5, 0.6) is 0 Å². The third-order valence-electron chi connectivity index (χ3n) is 3.17. The second-order valence-corrected chi connectivity index (χ2v) is 4.71. The molecule has 0 aliphatic rings. The van der Waals surface area contributed by atoms with E-state index in [2.05, 4.69) is 5.32 Å². The Kier molecular flexibility index (Phi) is 3.70. The number of nitrogens with zero attached hydrogens (tertiary/aromatic N) is 1. The fraction of sp³-hybridized carbons (Fsp3) is 0. The molecule has 0 spiro atoms. The molecule has 1 aromatic heterocycles. The average molecular weight is 298 g/mol. The number of rotatable bonds is 3. The van der Waals surface area contributed by atoms with E-state index in [-0.39, 0.29) is 0 Å². The topological polar surface area (TPSA) is 34.0 Å². The van der Waals surface area contributed by atoms with Gasteiger partial charge in [0.15, 0.2) is 0 Å². The first kappa shape index (κ1) is 14.0. The molecule has 1 N–H and O–H groups in total. The SMILES string of the molecule is O=C(/C=C(\F)n1ccc2cc(F)ccc21)Nc1ccccc1. The Labute approximate surface area is 125 Å². The van der Waals surface area contributed by atoms with Crippen LogP contribution in [-0.4, -0.2) is 10.5 Å². The van der Waals surface area contributed by atoms with E-state index in [1.165, 1.54) is 29.0 Å². The van der Waals surface area contributed by atoms with Gasteiger partial charge in [-0.3, -0.25) is 9.36 Å². The van der Waals surface area contributed by atoms with E-state index in [9.17, 15) is 13.6 Å². The molecule has 1 amide bonds. The van der Waals surface area contributed by atoms with Gasteiger partial charge in [-0.1, -0.05) is 18.2 Å². The van der Waals surface area contributed by atoms with E-state index in [1.54, 1.807) is 30.3 Å². The van der Waals surface area contributed by atoms with Gasteiger partial charge < -0.3 is 5.32 Å². The zero-order chi connectivity index (χ0) is 15.5. The average Bonchev–Trinajstić information content (AvgIpc) is 2.91. The van der Waals surface area contributed by atoms with Gasteiger partial charge >= 0.3 is 0 Å². The normalized spacial score (nSPS) is 11.6. The highest BCUT2D eigenvalue weighted by Crippen LogP contribution is 2.21. The molecule has 0 radical (unpaired) electrons. The first-order valence-electron chi connectivity index (χ1n) is 6.64. The summed E-state index contributed by atoms with van der Waals surface area (Å²) >= 11 is 0. The number of anilines is 1. The first-order chi connectivity index (χ1) is 10.6. The minimum atomic E-state index is -0.741. The zero-order valence-electron chi connectivity index (χ0n) is 11.5. The van der Waals surface area contributed by atoms with Crippen LogP contribution in [0.15, 0.2) is 66.9 Å². The largest absolute Gasteiger partial charge is 0.322 e. The fourth-order valence-electron chi connectivity index (χ4n) is 2.18. The number of aromatic nitrogens is 1. The second-order valence-electron chi connectivity index (χ2n) is 4.71. The summed E-state index contributed by atoms with van der Waals surface area (Å²) in [5, 5.41) is 3.13. The van der Waals surface area contributed by atoms with Gasteiger partial charge in [0.1, 0.15) is 5.82 Å². The van der Waals surface area contributed by atoms with Crippen molar-refractivity contribution in [2.75, 3.05) is 5.32 Å². The number of fused-ring (bicyclic) bond motifs is 1. The summed E-state index contributed by atoms with van der Waals surface area (Å²) in [7, 11) is 0. The number of carbonyl (C=O) groups excluding carboxylic acids is 1. The molecule has 3 nitrogen and oxygen atoms in total. The highest BCUT2D eigenvalue weighted by atomic mass is 19.1. The quantitative estimate of drug-likeness (QED) is 0.723. The summed E-state index contributed by atoms with van der Waals surface area (Å²) in [5.74, 6) is -1.71. The number of nitrogens with one attached hydrogen (secondary N) is 1. The molecule has 1 heterocycles. The Morgan fingerprint density at radius 1 is 1.09 bits per heavy atom. The lowest BCUT2D eigenvalue weighted by Gasteiger charge is -2.04. The van der Waals surface area contributed by atoms with Crippen LogP contribution in [0.2, 0.25) is 0 Å². The second kappa shape index (κ2) is 5.81. The highest BCUT2D eigenvalue weighted by molar-refractivity contribution is 6.02. The van der Waals surface area contributed by atoms with Crippen LogP contribution in [0.4, 0.5) is 14.5 Å². The van der Waals surface area contributed by atoms with Crippen LogP contribution < -0.4 is 5.32 Å². The number of halogens is 2. The molecule has 0 bridgehead atoms. The number of hydrogen-bond donors (Lipinski definition) is 1. The van der Waals surface area contributed by atoms with Gasteiger partial charge in [-0.15, -0.1) is 0 Å². The van der Waals surface area contributed by atoms with Gasteiger partial charge in [-0.25, -0.2) is 4.39 Å². The molecule has 0 saturated heterocycles. The monoisotopic (exact) mass is 298 g/mol. The van der Waals surface area contributed by atoms with Crippen molar-refractivity contribution in [3.8, 4) is 0 Å². The number of para-hydroxylation sites is 1. The van der Waals surface area contributed by atoms with E-state index >= 15 is 0 Å². The van der Waals surface area contributed by atoms with E-state index in [4.69, 9.17) is 0 Å². The van der Waals surface area contributed by atoms with Gasteiger partial charge in [-0.05, 0) is 36.4 Å². The molecule has 0 fully saturated rings. The van der Waals surface area contributed by atoms with E-state index in [0.29, 0.717) is 16.6 Å². The zero-order valence-corrected chi connectivity index (χ0v) is 11.5. The van der Waals surface area contributed by atoms with E-state index < -0.39 is 17.7 Å². The lowest BCUT2D eigenvalue weighted by atomic mass is 10.2. The lowest BCUT2D eigenvalue weighted by molar-refractivity contribution is -0.111. The van der Waals surface area contributed by atoms with Gasteiger partial charge in [0.25, 0.3) is 5.91 Å². The number of hydrogen-bond acceptors (Lipinski definition) is 1. The molecular formula is C17H12F2N2O. The summed E-state index contributed by atoms with van der Waals surface area (Å²) in [4.78, 5) is 11.8. The van der Waals surface area contributed by atoms with E-state index in [0.717, 1.165) is 6.08 Å². The molecule has 2 aromatic carbocycles. The molecule has 3 rings (SSSR count). The molecule has 0 atom stereocenters. The van der Waals surface area contributed by atoms with Gasteiger partial charge in [0, 0.05) is 17.3 Å². The molecule has 5 heteroatoms. The van der Waals surface area contributed by atoms with Gasteiger partial charge in [0.2, 0.25) is 5.95 Å². The maximum Gasteiger partial charge on any atom is 0.252 e. The first-order valence-corrected chi connectivity index (χ1v) is 6.64. The van der Waals surface area contributed by atoms with E-state index in [1.807, 2.05) is 6.07 Å². The number of carbonyl (C=O) groups is 1. The third kappa shape index (κ3) is 2.88. The standard InChI is InChI=1S/C17H12F2N2O/c18-13-6-7-15-12(10-13)8-9-21(15)16(19)11-17(22)20-14-4-2-1-3-5-14/h1-11H,(H,20,22)/b16-11+. The molecule has 110 valence electrons. The maximum atomic E-state index is 14.2. The lowest BCUT2D eigenvalue weighted by Crippen LogP contribution is -2.09.